The van der Waals surface area contributed by atoms with Crippen molar-refractivity contribution in [1.29, 1.82) is 0 Å². The Morgan fingerprint density at radius 3 is 1.92 bits per heavy atom. The Morgan fingerprint density at radius 1 is 1.00 bits per heavy atom. The maximum absolute atomic E-state index is 9.01. The van der Waals surface area contributed by atoms with Gasteiger partial charge in [-0.05, 0) is 0 Å². The molecular formula is C8H14O4. The second-order valence-corrected chi connectivity index (χ2v) is 3.78. The highest BCUT2D eigenvalue weighted by Crippen LogP contribution is 2.52. The van der Waals surface area contributed by atoms with Crippen LogP contribution in [0.15, 0.2) is 0 Å². The molecule has 2 rings (SSSR count). The summed E-state index contributed by atoms with van der Waals surface area (Å²) in [5.74, 6) is -0.467. The minimum absolute atomic E-state index is 0.0119. The molecule has 1 saturated carbocycles. The molecule has 0 unspecified atom stereocenters. The summed E-state index contributed by atoms with van der Waals surface area (Å²) >= 11 is 0. The van der Waals surface area contributed by atoms with Crippen molar-refractivity contribution >= 4 is 0 Å². The first-order valence-electron chi connectivity index (χ1n) is 4.24. The van der Waals surface area contributed by atoms with Crippen molar-refractivity contribution in [1.82, 2.24) is 0 Å². The Labute approximate surface area is 71.1 Å². The van der Waals surface area contributed by atoms with Crippen LogP contribution in [-0.4, -0.2) is 42.4 Å². The Kier molecular flexibility index (Phi) is 1.88. The van der Waals surface area contributed by atoms with Gasteiger partial charge in [-0.15, -0.1) is 0 Å². The van der Waals surface area contributed by atoms with Gasteiger partial charge in [0.15, 0.2) is 5.79 Å². The van der Waals surface area contributed by atoms with E-state index in [1.165, 1.54) is 0 Å². The molecule has 1 aliphatic carbocycles. The molecule has 2 aliphatic rings. The average molecular weight is 174 g/mol. The van der Waals surface area contributed by atoms with Crippen LogP contribution in [0.1, 0.15) is 12.8 Å². The lowest BCUT2D eigenvalue weighted by Crippen LogP contribution is -2.56. The lowest BCUT2D eigenvalue weighted by molar-refractivity contribution is -0.276. The zero-order chi connectivity index (χ0) is 8.66. The van der Waals surface area contributed by atoms with Crippen LogP contribution in [0.2, 0.25) is 0 Å². The largest absolute Gasteiger partial charge is 0.396 e. The van der Waals surface area contributed by atoms with Gasteiger partial charge in [-0.1, -0.05) is 0 Å². The van der Waals surface area contributed by atoms with Crippen molar-refractivity contribution in [3.8, 4) is 0 Å². The van der Waals surface area contributed by atoms with E-state index in [1.54, 1.807) is 0 Å². The maximum atomic E-state index is 9.01. The zero-order valence-electron chi connectivity index (χ0n) is 6.95. The highest BCUT2D eigenvalue weighted by Gasteiger charge is 2.57. The van der Waals surface area contributed by atoms with E-state index in [1.807, 2.05) is 0 Å². The van der Waals surface area contributed by atoms with E-state index in [-0.39, 0.29) is 18.6 Å². The third-order valence-corrected chi connectivity index (χ3v) is 2.77. The van der Waals surface area contributed by atoms with E-state index in [2.05, 4.69) is 0 Å². The lowest BCUT2D eigenvalue weighted by Gasteiger charge is -2.50. The zero-order valence-corrected chi connectivity index (χ0v) is 6.95. The Bertz CT molecular complexity index is 158. The van der Waals surface area contributed by atoms with Crippen LogP contribution in [0.5, 0.6) is 0 Å². The average Bonchev–Trinajstić information content (AvgIpc) is 2.49. The predicted octanol–water partition coefficient (Wildman–Crippen LogP) is -0.506. The van der Waals surface area contributed by atoms with Gasteiger partial charge in [0.2, 0.25) is 0 Å². The summed E-state index contributed by atoms with van der Waals surface area (Å²) in [6.45, 7) is 1.29. The van der Waals surface area contributed by atoms with Gasteiger partial charge in [0.25, 0.3) is 0 Å². The standard InChI is InChI=1S/C8H14O4/c9-5-7(6-10)3-8(4-7)11-1-2-12-8/h9-10H,1-6H2. The van der Waals surface area contributed by atoms with Crippen molar-refractivity contribution in [2.75, 3.05) is 26.4 Å². The molecule has 0 bridgehead atoms. The third-order valence-electron chi connectivity index (χ3n) is 2.77. The molecule has 0 radical (unpaired) electrons. The normalized spacial score (nSPS) is 30.5. The van der Waals surface area contributed by atoms with Gasteiger partial charge in [-0.2, -0.15) is 0 Å². The van der Waals surface area contributed by atoms with Crippen LogP contribution >= 0.6 is 0 Å². The van der Waals surface area contributed by atoms with Crippen molar-refractivity contribution < 1.29 is 19.7 Å². The Morgan fingerprint density at radius 2 is 1.50 bits per heavy atom. The Balaban J connectivity index is 1.96. The quantitative estimate of drug-likeness (QED) is 0.592. The fraction of sp³-hybridized carbons (Fsp3) is 1.00. The summed E-state index contributed by atoms with van der Waals surface area (Å²) in [6.07, 6.45) is 1.24. The number of aliphatic hydroxyl groups is 2. The number of hydrogen-bond donors (Lipinski definition) is 2. The topological polar surface area (TPSA) is 58.9 Å². The minimum atomic E-state index is -0.467. The van der Waals surface area contributed by atoms with Gasteiger partial charge >= 0.3 is 0 Å². The molecule has 0 aromatic heterocycles. The first-order valence-corrected chi connectivity index (χ1v) is 4.24. The van der Waals surface area contributed by atoms with Gasteiger partial charge < -0.3 is 19.7 Å². The Hall–Kier alpha value is -0.160. The van der Waals surface area contributed by atoms with E-state index in [0.717, 1.165) is 0 Å². The molecule has 0 amide bonds. The fourth-order valence-electron chi connectivity index (χ4n) is 2.07. The molecule has 1 aliphatic heterocycles. The molecule has 12 heavy (non-hydrogen) atoms. The molecule has 4 heteroatoms. The molecule has 1 saturated heterocycles. The van der Waals surface area contributed by atoms with Gasteiger partial charge in [-0.25, -0.2) is 0 Å². The van der Waals surface area contributed by atoms with Crippen LogP contribution in [0.3, 0.4) is 0 Å². The first-order chi connectivity index (χ1) is 5.74. The molecular weight excluding hydrogens is 160 g/mol. The molecule has 0 aromatic carbocycles. The third kappa shape index (κ3) is 1.07. The van der Waals surface area contributed by atoms with Gasteiger partial charge in [-0.3, -0.25) is 0 Å². The monoisotopic (exact) mass is 174 g/mol. The summed E-state index contributed by atoms with van der Waals surface area (Å²) < 4.78 is 10.8. The van der Waals surface area contributed by atoms with Crippen molar-refractivity contribution in [3.63, 3.8) is 0 Å². The van der Waals surface area contributed by atoms with Crippen LogP contribution in [-0.2, 0) is 9.47 Å². The van der Waals surface area contributed by atoms with E-state index >= 15 is 0 Å². The minimum Gasteiger partial charge on any atom is -0.396 e. The molecule has 0 aromatic rings. The molecule has 1 heterocycles. The SMILES string of the molecule is OCC1(CO)CC2(C1)OCCO2. The molecule has 2 N–H and O–H groups in total. The van der Waals surface area contributed by atoms with Crippen LogP contribution in [0.4, 0.5) is 0 Å². The second kappa shape index (κ2) is 2.67. The summed E-state index contributed by atoms with van der Waals surface area (Å²) in [4.78, 5) is 0. The number of hydrogen-bond acceptors (Lipinski definition) is 4. The fourth-order valence-corrected chi connectivity index (χ4v) is 2.07. The molecule has 70 valence electrons. The van der Waals surface area contributed by atoms with E-state index < -0.39 is 5.79 Å². The summed E-state index contributed by atoms with van der Waals surface area (Å²) in [6, 6.07) is 0. The maximum Gasteiger partial charge on any atom is 0.169 e. The van der Waals surface area contributed by atoms with Crippen molar-refractivity contribution in [2.45, 2.75) is 18.6 Å². The van der Waals surface area contributed by atoms with E-state index in [0.29, 0.717) is 26.1 Å². The van der Waals surface area contributed by atoms with Crippen LogP contribution in [0.25, 0.3) is 0 Å². The van der Waals surface area contributed by atoms with Crippen molar-refractivity contribution in [2.24, 2.45) is 5.41 Å². The predicted molar refractivity (Wildman–Crippen MR) is 40.5 cm³/mol. The van der Waals surface area contributed by atoms with Crippen LogP contribution in [0, 0.1) is 5.41 Å². The molecule has 0 atom stereocenters. The van der Waals surface area contributed by atoms with Gasteiger partial charge in [0.05, 0.1) is 26.4 Å². The summed E-state index contributed by atoms with van der Waals surface area (Å²) in [5, 5.41) is 18.0. The van der Waals surface area contributed by atoms with Crippen LogP contribution < -0.4 is 0 Å². The number of ether oxygens (including phenoxy) is 2. The summed E-state index contributed by atoms with van der Waals surface area (Å²) in [5.41, 5.74) is -0.357. The van der Waals surface area contributed by atoms with Gasteiger partial charge in [0, 0.05) is 18.3 Å². The molecule has 2 fully saturated rings. The smallest absolute Gasteiger partial charge is 0.169 e. The number of aliphatic hydroxyl groups excluding tert-OH is 2. The highest BCUT2D eigenvalue weighted by molar-refractivity contribution is 5.01. The molecule has 1 spiro atoms. The van der Waals surface area contributed by atoms with E-state index in [9.17, 15) is 0 Å². The first kappa shape index (κ1) is 8.44. The molecule has 4 nitrogen and oxygen atoms in total. The summed E-state index contributed by atoms with van der Waals surface area (Å²) in [7, 11) is 0. The van der Waals surface area contributed by atoms with Gasteiger partial charge in [0.1, 0.15) is 0 Å². The number of rotatable bonds is 2. The van der Waals surface area contributed by atoms with Crippen molar-refractivity contribution in [3.05, 3.63) is 0 Å². The van der Waals surface area contributed by atoms with E-state index in [4.69, 9.17) is 19.7 Å². The second-order valence-electron chi connectivity index (χ2n) is 3.78. The lowest BCUT2D eigenvalue weighted by atomic mass is 9.65. The highest BCUT2D eigenvalue weighted by atomic mass is 16.7.